The quantitative estimate of drug-likeness (QED) is 0.658. The molecule has 0 fully saturated rings. The van der Waals surface area contributed by atoms with Gasteiger partial charge in [-0.15, -0.1) is 0 Å². The van der Waals surface area contributed by atoms with Crippen molar-refractivity contribution in [2.75, 3.05) is 0 Å². The van der Waals surface area contributed by atoms with Crippen LogP contribution in [0.25, 0.3) is 16.8 Å². The molecule has 76 valence electrons. The van der Waals surface area contributed by atoms with E-state index in [4.69, 9.17) is 17.3 Å². The van der Waals surface area contributed by atoms with E-state index in [1.807, 2.05) is 28.8 Å². The second-order valence-electron chi connectivity index (χ2n) is 3.42. The lowest BCUT2D eigenvalue weighted by Crippen LogP contribution is -1.95. The number of hydrogen-bond donors (Lipinski definition) is 2. The standard InChI is InChI=1S/C10H9ClN4/c11-6-1-2-9-8(3-6)14-10-13-7(4-12)5-15(9)10/h1-3,5H,4,12H2,(H,13,14). The van der Waals surface area contributed by atoms with E-state index in [1.165, 1.54) is 0 Å². The molecule has 2 heterocycles. The van der Waals surface area contributed by atoms with Crippen molar-refractivity contribution in [3.63, 3.8) is 0 Å². The van der Waals surface area contributed by atoms with Crippen LogP contribution in [0.4, 0.5) is 0 Å². The predicted molar refractivity (Wildman–Crippen MR) is 60.0 cm³/mol. The molecule has 5 heteroatoms. The summed E-state index contributed by atoms with van der Waals surface area (Å²) in [7, 11) is 0. The Morgan fingerprint density at radius 1 is 1.47 bits per heavy atom. The number of halogens is 1. The molecular formula is C10H9ClN4. The molecule has 2 aromatic heterocycles. The Hall–Kier alpha value is -1.52. The van der Waals surface area contributed by atoms with E-state index in [2.05, 4.69) is 9.97 Å². The number of benzene rings is 1. The maximum atomic E-state index is 5.89. The van der Waals surface area contributed by atoms with E-state index >= 15 is 0 Å². The molecule has 3 N–H and O–H groups in total. The average molecular weight is 221 g/mol. The summed E-state index contributed by atoms with van der Waals surface area (Å²) in [6.45, 7) is 0.485. The molecule has 0 aliphatic heterocycles. The Kier molecular flexibility index (Phi) is 1.74. The zero-order valence-corrected chi connectivity index (χ0v) is 8.62. The fourth-order valence-electron chi connectivity index (χ4n) is 1.73. The van der Waals surface area contributed by atoms with E-state index in [1.54, 1.807) is 0 Å². The molecule has 4 nitrogen and oxygen atoms in total. The van der Waals surface area contributed by atoms with Gasteiger partial charge in [-0.2, -0.15) is 0 Å². The summed E-state index contributed by atoms with van der Waals surface area (Å²) in [5.74, 6) is 0.799. The van der Waals surface area contributed by atoms with Crippen LogP contribution in [-0.4, -0.2) is 14.4 Å². The summed E-state index contributed by atoms with van der Waals surface area (Å²) < 4.78 is 1.98. The van der Waals surface area contributed by atoms with Gasteiger partial charge in [0.25, 0.3) is 0 Å². The topological polar surface area (TPSA) is 59.1 Å². The van der Waals surface area contributed by atoms with Crippen LogP contribution in [0.5, 0.6) is 0 Å². The number of nitrogens with two attached hydrogens (primary N) is 1. The van der Waals surface area contributed by atoms with Gasteiger partial charge >= 0.3 is 0 Å². The lowest BCUT2D eigenvalue weighted by atomic mass is 10.3. The first-order valence-electron chi connectivity index (χ1n) is 4.63. The Bertz CT molecular complexity index is 637. The summed E-state index contributed by atoms with van der Waals surface area (Å²) in [5.41, 5.74) is 8.43. The smallest absolute Gasteiger partial charge is 0.212 e. The lowest BCUT2D eigenvalue weighted by Gasteiger charge is -1.91. The van der Waals surface area contributed by atoms with Gasteiger partial charge in [-0.1, -0.05) is 11.6 Å². The van der Waals surface area contributed by atoms with E-state index in [9.17, 15) is 0 Å². The molecule has 0 unspecified atom stereocenters. The fraction of sp³-hybridized carbons (Fsp3) is 0.100. The summed E-state index contributed by atoms with van der Waals surface area (Å²) >= 11 is 5.89. The van der Waals surface area contributed by atoms with Crippen LogP contribution < -0.4 is 5.73 Å². The summed E-state index contributed by atoms with van der Waals surface area (Å²) in [6, 6.07) is 5.65. The second kappa shape index (κ2) is 2.98. The highest BCUT2D eigenvalue weighted by Crippen LogP contribution is 2.20. The highest BCUT2D eigenvalue weighted by Gasteiger charge is 2.07. The van der Waals surface area contributed by atoms with Crippen molar-refractivity contribution >= 4 is 28.4 Å². The summed E-state index contributed by atoms with van der Waals surface area (Å²) in [4.78, 5) is 7.55. The zero-order chi connectivity index (χ0) is 10.4. The normalized spacial score (nSPS) is 11.6. The predicted octanol–water partition coefficient (Wildman–Crippen LogP) is 1.93. The molecule has 0 saturated heterocycles. The molecule has 0 atom stereocenters. The van der Waals surface area contributed by atoms with E-state index in [0.717, 1.165) is 22.5 Å². The second-order valence-corrected chi connectivity index (χ2v) is 3.86. The minimum atomic E-state index is 0.485. The van der Waals surface area contributed by atoms with Crippen molar-refractivity contribution in [3.8, 4) is 0 Å². The van der Waals surface area contributed by atoms with Crippen LogP contribution in [0.3, 0.4) is 0 Å². The van der Waals surface area contributed by atoms with Crippen molar-refractivity contribution < 1.29 is 0 Å². The van der Waals surface area contributed by atoms with Gasteiger partial charge in [-0.3, -0.25) is 4.40 Å². The minimum absolute atomic E-state index is 0.485. The Morgan fingerprint density at radius 2 is 2.33 bits per heavy atom. The largest absolute Gasteiger partial charge is 0.326 e. The van der Waals surface area contributed by atoms with E-state index in [-0.39, 0.29) is 0 Å². The molecule has 0 spiro atoms. The third-order valence-electron chi connectivity index (χ3n) is 2.43. The first kappa shape index (κ1) is 8.76. The fourth-order valence-corrected chi connectivity index (χ4v) is 1.89. The van der Waals surface area contributed by atoms with Gasteiger partial charge in [0.05, 0.1) is 11.0 Å². The van der Waals surface area contributed by atoms with Crippen molar-refractivity contribution in [1.29, 1.82) is 0 Å². The maximum absolute atomic E-state index is 5.89. The van der Waals surface area contributed by atoms with Gasteiger partial charge in [0.15, 0.2) is 0 Å². The van der Waals surface area contributed by atoms with Gasteiger partial charge in [-0.05, 0) is 18.2 Å². The van der Waals surface area contributed by atoms with E-state index < -0.39 is 0 Å². The van der Waals surface area contributed by atoms with Crippen LogP contribution >= 0.6 is 11.6 Å². The van der Waals surface area contributed by atoms with Crippen LogP contribution in [0.1, 0.15) is 5.69 Å². The number of nitrogens with one attached hydrogen (secondary N) is 1. The van der Waals surface area contributed by atoms with Crippen LogP contribution in [0.2, 0.25) is 5.02 Å². The molecule has 0 amide bonds. The van der Waals surface area contributed by atoms with Gasteiger partial charge < -0.3 is 10.7 Å². The Balaban J connectivity index is 2.40. The summed E-state index contributed by atoms with van der Waals surface area (Å²) in [6.07, 6.45) is 1.96. The van der Waals surface area contributed by atoms with Crippen molar-refractivity contribution in [2.45, 2.75) is 6.54 Å². The molecule has 3 aromatic rings. The number of hydrogen-bond acceptors (Lipinski definition) is 2. The highest BCUT2D eigenvalue weighted by molar-refractivity contribution is 6.31. The molecule has 0 aliphatic rings. The monoisotopic (exact) mass is 220 g/mol. The third-order valence-corrected chi connectivity index (χ3v) is 2.66. The molecule has 0 bridgehead atoms. The molecule has 1 aromatic carbocycles. The summed E-state index contributed by atoms with van der Waals surface area (Å²) in [5, 5.41) is 0.697. The number of nitrogens with zero attached hydrogens (tertiary/aromatic N) is 2. The maximum Gasteiger partial charge on any atom is 0.212 e. The van der Waals surface area contributed by atoms with Crippen molar-refractivity contribution in [1.82, 2.24) is 14.4 Å². The number of rotatable bonds is 1. The number of fused-ring (bicyclic) bond motifs is 3. The minimum Gasteiger partial charge on any atom is -0.326 e. The Labute approximate surface area is 90.7 Å². The number of aromatic amines is 1. The lowest BCUT2D eigenvalue weighted by molar-refractivity contribution is 1.01. The first-order valence-corrected chi connectivity index (χ1v) is 5.01. The number of aromatic nitrogens is 3. The van der Waals surface area contributed by atoms with Crippen LogP contribution in [0, 0.1) is 0 Å². The molecular weight excluding hydrogens is 212 g/mol. The molecule has 0 radical (unpaired) electrons. The molecule has 15 heavy (non-hydrogen) atoms. The molecule has 3 rings (SSSR count). The SMILES string of the molecule is NCc1cn2c(nc3cc(Cl)ccc32)[nH]1. The third kappa shape index (κ3) is 1.22. The Morgan fingerprint density at radius 3 is 3.13 bits per heavy atom. The van der Waals surface area contributed by atoms with Gasteiger partial charge in [-0.25, -0.2) is 4.98 Å². The van der Waals surface area contributed by atoms with Crippen LogP contribution in [-0.2, 0) is 6.54 Å². The zero-order valence-electron chi connectivity index (χ0n) is 7.87. The first-order chi connectivity index (χ1) is 7.28. The van der Waals surface area contributed by atoms with Crippen molar-refractivity contribution in [3.05, 3.63) is 35.1 Å². The highest BCUT2D eigenvalue weighted by atomic mass is 35.5. The van der Waals surface area contributed by atoms with Crippen LogP contribution in [0.15, 0.2) is 24.4 Å². The average Bonchev–Trinajstić information content (AvgIpc) is 2.73. The van der Waals surface area contributed by atoms with Gasteiger partial charge in [0, 0.05) is 23.5 Å². The molecule has 0 aliphatic carbocycles. The van der Waals surface area contributed by atoms with Gasteiger partial charge in [0.2, 0.25) is 5.78 Å². The molecule has 0 saturated carbocycles. The van der Waals surface area contributed by atoms with E-state index in [0.29, 0.717) is 11.6 Å². The number of H-pyrrole nitrogens is 1. The van der Waals surface area contributed by atoms with Crippen molar-refractivity contribution in [2.24, 2.45) is 5.73 Å². The van der Waals surface area contributed by atoms with Gasteiger partial charge in [0.1, 0.15) is 0 Å². The number of imidazole rings is 2.